The van der Waals surface area contributed by atoms with Gasteiger partial charge in [0.1, 0.15) is 5.82 Å². The molecule has 0 bridgehead atoms. The highest BCUT2D eigenvalue weighted by molar-refractivity contribution is 7.84. The van der Waals surface area contributed by atoms with Crippen LogP contribution >= 0.6 is 22.9 Å². The Kier molecular flexibility index (Phi) is 6.57. The number of hydrogen-bond acceptors (Lipinski definition) is 6. The van der Waals surface area contributed by atoms with Crippen LogP contribution in [0.15, 0.2) is 42.6 Å². The maximum atomic E-state index is 14.9. The number of aromatic nitrogens is 1. The summed E-state index contributed by atoms with van der Waals surface area (Å²) in [7, 11) is -1.49. The third kappa shape index (κ3) is 4.87. The van der Waals surface area contributed by atoms with E-state index in [0.717, 1.165) is 5.56 Å². The highest BCUT2D eigenvalue weighted by Crippen LogP contribution is 2.51. The predicted molar refractivity (Wildman–Crippen MR) is 139 cm³/mol. The quantitative estimate of drug-likeness (QED) is 0.407. The van der Waals surface area contributed by atoms with Gasteiger partial charge < -0.3 is 14.8 Å². The molecular formula is C25H25ClFN3O4S2. The summed E-state index contributed by atoms with van der Waals surface area (Å²) in [5, 5.41) is 3.57. The number of hydrogen-bond donors (Lipinski definition) is 2. The molecule has 36 heavy (non-hydrogen) atoms. The van der Waals surface area contributed by atoms with Crippen molar-refractivity contribution in [2.75, 3.05) is 12.1 Å². The summed E-state index contributed by atoms with van der Waals surface area (Å²) in [6, 6.07) is 9.18. The molecule has 3 aromatic rings. The van der Waals surface area contributed by atoms with Crippen LogP contribution in [0.5, 0.6) is 11.5 Å². The van der Waals surface area contributed by atoms with Crippen LogP contribution in [0.2, 0.25) is 5.02 Å². The summed E-state index contributed by atoms with van der Waals surface area (Å²) in [6.45, 7) is 5.65. The molecule has 0 radical (unpaired) electrons. The zero-order chi connectivity index (χ0) is 25.7. The number of benzene rings is 2. The van der Waals surface area contributed by atoms with Crippen LogP contribution < -0.4 is 19.5 Å². The highest BCUT2D eigenvalue weighted by atomic mass is 35.5. The fourth-order valence-electron chi connectivity index (χ4n) is 3.95. The molecule has 11 heteroatoms. The van der Waals surface area contributed by atoms with E-state index in [4.69, 9.17) is 21.1 Å². The minimum atomic E-state index is -1.49. The second kappa shape index (κ2) is 9.41. The number of nitrogens with zero attached hydrogens (tertiary/aromatic N) is 1. The average Bonchev–Trinajstić information content (AvgIpc) is 3.28. The molecule has 1 aromatic heterocycles. The van der Waals surface area contributed by atoms with Crippen LogP contribution in [-0.4, -0.2) is 26.6 Å². The first-order chi connectivity index (χ1) is 17.1. The summed E-state index contributed by atoms with van der Waals surface area (Å²) in [6.07, 6.45) is 2.98. The van der Waals surface area contributed by atoms with Gasteiger partial charge in [-0.05, 0) is 63.4 Å². The van der Waals surface area contributed by atoms with Crippen molar-refractivity contribution in [1.82, 2.24) is 9.71 Å². The average molecular weight is 550 g/mol. The molecule has 1 aliphatic heterocycles. The zero-order valence-electron chi connectivity index (χ0n) is 19.9. The van der Waals surface area contributed by atoms with Gasteiger partial charge in [0.25, 0.3) is 0 Å². The molecule has 0 spiro atoms. The van der Waals surface area contributed by atoms with Gasteiger partial charge in [0, 0.05) is 21.7 Å². The maximum Gasteiger partial charge on any atom is 0.236 e. The van der Waals surface area contributed by atoms with Crippen molar-refractivity contribution in [3.05, 3.63) is 69.4 Å². The maximum absolute atomic E-state index is 14.9. The van der Waals surface area contributed by atoms with Gasteiger partial charge in [-0.2, -0.15) is 0 Å². The van der Waals surface area contributed by atoms with Gasteiger partial charge in [0.15, 0.2) is 16.6 Å². The van der Waals surface area contributed by atoms with Gasteiger partial charge in [0.2, 0.25) is 12.7 Å². The Bertz CT molecular complexity index is 1350. The molecule has 7 nitrogen and oxygen atoms in total. The highest BCUT2D eigenvalue weighted by Gasteiger charge is 2.52. The summed E-state index contributed by atoms with van der Waals surface area (Å²) >= 11 is 7.15. The summed E-state index contributed by atoms with van der Waals surface area (Å²) in [5.74, 6) is 0.612. The summed E-state index contributed by atoms with van der Waals surface area (Å²) in [5.41, 5.74) is 0.502. The zero-order valence-corrected chi connectivity index (χ0v) is 22.3. The predicted octanol–water partition coefficient (Wildman–Crippen LogP) is 5.48. The van der Waals surface area contributed by atoms with E-state index in [0.29, 0.717) is 34.3 Å². The molecule has 1 saturated carbocycles. The van der Waals surface area contributed by atoms with Gasteiger partial charge in [0.05, 0.1) is 27.2 Å². The van der Waals surface area contributed by atoms with Crippen molar-refractivity contribution < 1.29 is 22.9 Å². The summed E-state index contributed by atoms with van der Waals surface area (Å²) in [4.78, 5) is 18.3. The minimum Gasteiger partial charge on any atom is -0.454 e. The van der Waals surface area contributed by atoms with Crippen molar-refractivity contribution in [2.24, 2.45) is 0 Å². The molecule has 1 fully saturated rings. The molecule has 0 saturated heterocycles. The molecule has 2 N–H and O–H groups in total. The first-order valence-corrected chi connectivity index (χ1v) is 13.7. The first kappa shape index (κ1) is 25.1. The Morgan fingerprint density at radius 1 is 1.19 bits per heavy atom. The number of carbonyl (C=O) groups is 1. The van der Waals surface area contributed by atoms with E-state index >= 15 is 0 Å². The van der Waals surface area contributed by atoms with E-state index in [1.54, 1.807) is 18.3 Å². The van der Waals surface area contributed by atoms with Crippen LogP contribution in [0.1, 0.15) is 55.7 Å². The molecule has 1 amide bonds. The Morgan fingerprint density at radius 2 is 1.94 bits per heavy atom. The van der Waals surface area contributed by atoms with Gasteiger partial charge in [-0.1, -0.05) is 35.1 Å². The van der Waals surface area contributed by atoms with E-state index in [-0.39, 0.29) is 23.3 Å². The number of rotatable bonds is 7. The second-order valence-corrected chi connectivity index (χ2v) is 13.3. The lowest BCUT2D eigenvalue weighted by Crippen LogP contribution is -2.36. The topological polar surface area (TPSA) is 89.6 Å². The third-order valence-corrected chi connectivity index (χ3v) is 8.97. The molecule has 2 aromatic carbocycles. The van der Waals surface area contributed by atoms with Gasteiger partial charge >= 0.3 is 0 Å². The van der Waals surface area contributed by atoms with E-state index in [1.165, 1.54) is 17.4 Å². The SMILES string of the molecule is CC(C)(C)[S@](=O)N[C@H](c1cnc(NC(=O)C2(c3ccc4c(c3)OCO4)CC2)s1)c1ccc(Cl)cc1F. The largest absolute Gasteiger partial charge is 0.454 e. The standard InChI is InChI=1S/C25H25ClFN3O4S2/c1-24(2,3)36(32)30-21(16-6-5-15(26)11-17(16)27)20-12-28-23(35-20)29-22(31)25(8-9-25)14-4-7-18-19(10-14)34-13-33-18/h4-7,10-12,21,30H,8-9,13H2,1-3H3,(H,28,29,31)/t21-,36-/m0/s1. The molecule has 190 valence electrons. The van der Waals surface area contributed by atoms with Crippen LogP contribution in [-0.2, 0) is 21.2 Å². The van der Waals surface area contributed by atoms with Crippen molar-refractivity contribution in [1.29, 1.82) is 0 Å². The van der Waals surface area contributed by atoms with Crippen molar-refractivity contribution in [3.8, 4) is 11.5 Å². The number of anilines is 1. The molecule has 0 unspecified atom stereocenters. The minimum absolute atomic E-state index is 0.164. The lowest BCUT2D eigenvalue weighted by Gasteiger charge is -2.24. The molecule has 2 aliphatic rings. The normalized spacial score (nSPS) is 17.5. The van der Waals surface area contributed by atoms with Crippen molar-refractivity contribution in [3.63, 3.8) is 0 Å². The summed E-state index contributed by atoms with van der Waals surface area (Å²) < 4.78 is 41.1. The van der Waals surface area contributed by atoms with Crippen molar-refractivity contribution >= 4 is 45.0 Å². The number of ether oxygens (including phenoxy) is 2. The number of nitrogens with one attached hydrogen (secondary N) is 2. The fourth-order valence-corrected chi connectivity index (χ4v) is 5.89. The van der Waals surface area contributed by atoms with Crippen LogP contribution in [0, 0.1) is 5.82 Å². The number of amides is 1. The van der Waals surface area contributed by atoms with Crippen molar-refractivity contribution in [2.45, 2.75) is 49.8 Å². The lowest BCUT2D eigenvalue weighted by molar-refractivity contribution is -0.118. The number of thiazole rings is 1. The molecule has 2 atom stereocenters. The lowest BCUT2D eigenvalue weighted by atomic mass is 9.94. The Balaban J connectivity index is 1.39. The Hall–Kier alpha value is -2.53. The van der Waals surface area contributed by atoms with Gasteiger partial charge in [-0.25, -0.2) is 18.3 Å². The fraction of sp³-hybridized carbons (Fsp3) is 0.360. The van der Waals surface area contributed by atoms with Crippen LogP contribution in [0.3, 0.4) is 0 Å². The van der Waals surface area contributed by atoms with Gasteiger partial charge in [-0.3, -0.25) is 4.79 Å². The molecular weight excluding hydrogens is 525 g/mol. The Morgan fingerprint density at radius 3 is 2.64 bits per heavy atom. The molecule has 1 aliphatic carbocycles. The molecule has 2 heterocycles. The smallest absolute Gasteiger partial charge is 0.236 e. The van der Waals surface area contributed by atoms with E-state index in [2.05, 4.69) is 15.0 Å². The molecule has 5 rings (SSSR count). The third-order valence-electron chi connectivity index (χ3n) is 6.19. The number of halogens is 2. The Labute approximate surface area is 220 Å². The van der Waals surface area contributed by atoms with E-state index in [1.807, 2.05) is 39.0 Å². The van der Waals surface area contributed by atoms with E-state index < -0.39 is 33.0 Å². The second-order valence-electron chi connectivity index (χ2n) is 9.77. The first-order valence-electron chi connectivity index (χ1n) is 11.4. The van der Waals surface area contributed by atoms with Gasteiger partial charge in [-0.15, -0.1) is 0 Å². The van der Waals surface area contributed by atoms with Crippen LogP contribution in [0.25, 0.3) is 0 Å². The number of fused-ring (bicyclic) bond motifs is 1. The monoisotopic (exact) mass is 549 g/mol. The van der Waals surface area contributed by atoms with E-state index in [9.17, 15) is 13.4 Å². The number of carbonyl (C=O) groups excluding carboxylic acids is 1. The van der Waals surface area contributed by atoms with Crippen LogP contribution in [0.4, 0.5) is 9.52 Å².